The second-order valence-corrected chi connectivity index (χ2v) is 5.72. The summed E-state index contributed by atoms with van der Waals surface area (Å²) in [6.07, 6.45) is 9.77. The average Bonchev–Trinajstić information content (AvgIpc) is 2.56. The highest BCUT2D eigenvalue weighted by atomic mass is 16.2. The zero-order valence-corrected chi connectivity index (χ0v) is 10.5. The molecule has 2 heteroatoms. The maximum atomic E-state index is 12.4. The van der Waals surface area contributed by atoms with Crippen LogP contribution in [0.5, 0.6) is 0 Å². The lowest BCUT2D eigenvalue weighted by atomic mass is 9.76. The zero-order chi connectivity index (χ0) is 11.6. The van der Waals surface area contributed by atoms with E-state index in [4.69, 9.17) is 0 Å². The highest BCUT2D eigenvalue weighted by molar-refractivity contribution is 5.85. The minimum atomic E-state index is -0.00820. The summed E-state index contributed by atoms with van der Waals surface area (Å²) in [5.41, 5.74) is -0.00820. The number of hydrogen-bond donors (Lipinski definition) is 0. The van der Waals surface area contributed by atoms with Crippen LogP contribution in [0.2, 0.25) is 0 Å². The Morgan fingerprint density at radius 3 is 2.81 bits per heavy atom. The van der Waals surface area contributed by atoms with E-state index >= 15 is 0 Å². The molecule has 1 unspecified atom stereocenters. The second kappa shape index (κ2) is 4.60. The number of carbonyl (C=O) groups excluding carboxylic acids is 1. The van der Waals surface area contributed by atoms with Crippen LogP contribution in [0.25, 0.3) is 0 Å². The summed E-state index contributed by atoms with van der Waals surface area (Å²) in [6.45, 7) is 6.39. The standard InChI is InChI=1S/C14H23NO/c1-12(2)6-10-15-11-9-14(13(15)16)7-4-3-5-8-14/h3-4,12H,5-11H2,1-2H3. The van der Waals surface area contributed by atoms with Crippen molar-refractivity contribution >= 4 is 5.91 Å². The summed E-state index contributed by atoms with van der Waals surface area (Å²) in [6, 6.07) is 0. The first-order valence-corrected chi connectivity index (χ1v) is 6.58. The topological polar surface area (TPSA) is 20.3 Å². The Hall–Kier alpha value is -0.790. The molecule has 1 heterocycles. The quantitative estimate of drug-likeness (QED) is 0.671. The van der Waals surface area contributed by atoms with E-state index in [1.165, 1.54) is 0 Å². The molecule has 1 atom stereocenters. The van der Waals surface area contributed by atoms with Crippen LogP contribution < -0.4 is 0 Å². The van der Waals surface area contributed by atoms with Gasteiger partial charge in [0, 0.05) is 13.1 Å². The van der Waals surface area contributed by atoms with Crippen molar-refractivity contribution < 1.29 is 4.79 Å². The minimum Gasteiger partial charge on any atom is -0.342 e. The lowest BCUT2D eigenvalue weighted by Crippen LogP contribution is -2.36. The molecule has 1 fully saturated rings. The normalized spacial score (nSPS) is 29.7. The molecule has 1 aliphatic heterocycles. The lowest BCUT2D eigenvalue weighted by molar-refractivity contribution is -0.136. The molecule has 0 radical (unpaired) electrons. The van der Waals surface area contributed by atoms with Crippen LogP contribution in [-0.2, 0) is 4.79 Å². The van der Waals surface area contributed by atoms with Gasteiger partial charge in [0.05, 0.1) is 5.41 Å². The lowest BCUT2D eigenvalue weighted by Gasteiger charge is -2.28. The molecule has 0 aromatic heterocycles. The van der Waals surface area contributed by atoms with Gasteiger partial charge in [-0.3, -0.25) is 4.79 Å². The van der Waals surface area contributed by atoms with Gasteiger partial charge in [0.15, 0.2) is 0 Å². The van der Waals surface area contributed by atoms with Crippen LogP contribution in [0.3, 0.4) is 0 Å². The largest absolute Gasteiger partial charge is 0.342 e. The van der Waals surface area contributed by atoms with Gasteiger partial charge >= 0.3 is 0 Å². The van der Waals surface area contributed by atoms with E-state index in [0.717, 1.165) is 45.2 Å². The second-order valence-electron chi connectivity index (χ2n) is 5.72. The van der Waals surface area contributed by atoms with Crippen LogP contribution in [0.1, 0.15) is 46.0 Å². The van der Waals surface area contributed by atoms with Crippen molar-refractivity contribution in [2.45, 2.75) is 46.0 Å². The Balaban J connectivity index is 1.96. The first-order valence-electron chi connectivity index (χ1n) is 6.58. The number of hydrogen-bond acceptors (Lipinski definition) is 1. The first kappa shape index (κ1) is 11.7. The molecule has 2 nitrogen and oxygen atoms in total. The fourth-order valence-corrected chi connectivity index (χ4v) is 2.83. The van der Waals surface area contributed by atoms with Crippen molar-refractivity contribution in [1.82, 2.24) is 4.90 Å². The molecule has 0 N–H and O–H groups in total. The van der Waals surface area contributed by atoms with Gasteiger partial charge in [0.2, 0.25) is 5.91 Å². The van der Waals surface area contributed by atoms with Gasteiger partial charge in [-0.05, 0) is 38.0 Å². The van der Waals surface area contributed by atoms with Gasteiger partial charge in [-0.1, -0.05) is 26.0 Å². The molecule has 90 valence electrons. The molecule has 0 bridgehead atoms. The van der Waals surface area contributed by atoms with E-state index in [1.807, 2.05) is 0 Å². The van der Waals surface area contributed by atoms with Crippen LogP contribution >= 0.6 is 0 Å². The van der Waals surface area contributed by atoms with Crippen molar-refractivity contribution in [2.24, 2.45) is 11.3 Å². The van der Waals surface area contributed by atoms with Gasteiger partial charge < -0.3 is 4.90 Å². The van der Waals surface area contributed by atoms with Crippen molar-refractivity contribution in [3.8, 4) is 0 Å². The maximum Gasteiger partial charge on any atom is 0.229 e. The molecule has 1 amide bonds. The summed E-state index contributed by atoms with van der Waals surface area (Å²) >= 11 is 0. The van der Waals surface area contributed by atoms with Crippen LogP contribution in [-0.4, -0.2) is 23.9 Å². The molecule has 2 aliphatic rings. The smallest absolute Gasteiger partial charge is 0.229 e. The fourth-order valence-electron chi connectivity index (χ4n) is 2.83. The Morgan fingerprint density at radius 2 is 2.19 bits per heavy atom. The number of likely N-dealkylation sites (tertiary alicyclic amines) is 1. The molecule has 1 spiro atoms. The Bertz CT molecular complexity index is 295. The van der Waals surface area contributed by atoms with Gasteiger partial charge in [0.25, 0.3) is 0 Å². The highest BCUT2D eigenvalue weighted by Crippen LogP contribution is 2.42. The van der Waals surface area contributed by atoms with Gasteiger partial charge in [-0.2, -0.15) is 0 Å². The van der Waals surface area contributed by atoms with E-state index in [-0.39, 0.29) is 5.41 Å². The fraction of sp³-hybridized carbons (Fsp3) is 0.786. The number of allylic oxidation sites excluding steroid dienone is 2. The van der Waals surface area contributed by atoms with Gasteiger partial charge in [0.1, 0.15) is 0 Å². The maximum absolute atomic E-state index is 12.4. The van der Waals surface area contributed by atoms with E-state index < -0.39 is 0 Å². The Labute approximate surface area is 98.7 Å². The van der Waals surface area contributed by atoms with E-state index in [9.17, 15) is 4.79 Å². The number of amides is 1. The predicted octanol–water partition coefficient (Wildman–Crippen LogP) is 2.99. The monoisotopic (exact) mass is 221 g/mol. The van der Waals surface area contributed by atoms with Crippen molar-refractivity contribution in [3.05, 3.63) is 12.2 Å². The van der Waals surface area contributed by atoms with E-state index in [1.54, 1.807) is 0 Å². The van der Waals surface area contributed by atoms with Crippen molar-refractivity contribution in [1.29, 1.82) is 0 Å². The summed E-state index contributed by atoms with van der Waals surface area (Å²) in [5.74, 6) is 1.12. The molecule has 1 saturated heterocycles. The molecule has 0 aromatic rings. The third-order valence-electron chi connectivity index (χ3n) is 4.04. The van der Waals surface area contributed by atoms with E-state index in [2.05, 4.69) is 30.9 Å². The highest BCUT2D eigenvalue weighted by Gasteiger charge is 2.45. The van der Waals surface area contributed by atoms with Crippen molar-refractivity contribution in [2.75, 3.05) is 13.1 Å². The molecule has 1 aliphatic carbocycles. The summed E-state index contributed by atoms with van der Waals surface area (Å²) in [7, 11) is 0. The molecule has 0 saturated carbocycles. The summed E-state index contributed by atoms with van der Waals surface area (Å²) in [5, 5.41) is 0. The molecular weight excluding hydrogens is 198 g/mol. The third kappa shape index (κ3) is 2.16. The van der Waals surface area contributed by atoms with E-state index in [0.29, 0.717) is 11.8 Å². The van der Waals surface area contributed by atoms with Crippen LogP contribution in [0, 0.1) is 11.3 Å². The minimum absolute atomic E-state index is 0.00820. The SMILES string of the molecule is CC(C)CCN1CCC2(CC=CCC2)C1=O. The number of rotatable bonds is 3. The van der Waals surface area contributed by atoms with Gasteiger partial charge in [-0.25, -0.2) is 0 Å². The summed E-state index contributed by atoms with van der Waals surface area (Å²) in [4.78, 5) is 14.5. The average molecular weight is 221 g/mol. The molecule has 2 rings (SSSR count). The number of carbonyl (C=O) groups is 1. The predicted molar refractivity (Wildman–Crippen MR) is 66.1 cm³/mol. The molecule has 0 aromatic carbocycles. The third-order valence-corrected chi connectivity index (χ3v) is 4.04. The van der Waals surface area contributed by atoms with Gasteiger partial charge in [-0.15, -0.1) is 0 Å². The first-order chi connectivity index (χ1) is 7.64. The Kier molecular flexibility index (Phi) is 3.36. The van der Waals surface area contributed by atoms with Crippen LogP contribution in [0.15, 0.2) is 12.2 Å². The molecule has 16 heavy (non-hydrogen) atoms. The molecular formula is C14H23NO. The number of nitrogens with zero attached hydrogens (tertiary/aromatic N) is 1. The summed E-state index contributed by atoms with van der Waals surface area (Å²) < 4.78 is 0. The van der Waals surface area contributed by atoms with Crippen molar-refractivity contribution in [3.63, 3.8) is 0 Å². The Morgan fingerprint density at radius 1 is 1.38 bits per heavy atom. The van der Waals surface area contributed by atoms with Crippen LogP contribution in [0.4, 0.5) is 0 Å². The zero-order valence-electron chi connectivity index (χ0n) is 10.5.